The number of nitrogens with one attached hydrogen (secondary N) is 1. The number of methoxy groups -OCH3 is 1. The van der Waals surface area contributed by atoms with Gasteiger partial charge in [0.15, 0.2) is 11.5 Å². The summed E-state index contributed by atoms with van der Waals surface area (Å²) in [6.07, 6.45) is 1.40. The molecule has 0 spiro atoms. The van der Waals surface area contributed by atoms with Crippen LogP contribution in [0.3, 0.4) is 0 Å². The molecule has 0 heterocycles. The van der Waals surface area contributed by atoms with Crippen LogP contribution in [0.2, 0.25) is 0 Å². The first-order valence-corrected chi connectivity index (χ1v) is 7.67. The lowest BCUT2D eigenvalue weighted by Crippen LogP contribution is -2.13. The molecule has 1 amide bonds. The highest BCUT2D eigenvalue weighted by Crippen LogP contribution is 2.27. The van der Waals surface area contributed by atoms with Crippen LogP contribution in [-0.4, -0.2) is 18.1 Å². The summed E-state index contributed by atoms with van der Waals surface area (Å²) in [5.74, 6) is -0.246. The van der Waals surface area contributed by atoms with E-state index in [1.165, 1.54) is 19.3 Å². The molecule has 2 N–H and O–H groups in total. The van der Waals surface area contributed by atoms with Crippen molar-refractivity contribution >= 4 is 40.3 Å². The lowest BCUT2D eigenvalue weighted by atomic mass is 10.1. The van der Waals surface area contributed by atoms with Crippen LogP contribution < -0.4 is 10.1 Å². The van der Waals surface area contributed by atoms with Crippen LogP contribution in [0, 0.1) is 14.9 Å². The summed E-state index contributed by atoms with van der Waals surface area (Å²) in [4.78, 5) is 12.2. The van der Waals surface area contributed by atoms with Crippen LogP contribution >= 0.6 is 22.6 Å². The van der Waals surface area contributed by atoms with Crippen molar-refractivity contribution in [1.29, 1.82) is 5.26 Å². The number of carbonyl (C=O) groups excluding carboxylic acids is 1. The summed E-state index contributed by atoms with van der Waals surface area (Å²) in [6.45, 7) is 0. The average molecular weight is 420 g/mol. The highest BCUT2D eigenvalue weighted by atomic mass is 127. The van der Waals surface area contributed by atoms with E-state index in [1.54, 1.807) is 24.3 Å². The van der Waals surface area contributed by atoms with Gasteiger partial charge >= 0.3 is 0 Å². The van der Waals surface area contributed by atoms with Crippen molar-refractivity contribution in [2.24, 2.45) is 0 Å². The Kier molecular flexibility index (Phi) is 5.60. The molecule has 2 rings (SSSR count). The Morgan fingerprint density at radius 1 is 1.30 bits per heavy atom. The van der Waals surface area contributed by atoms with Gasteiger partial charge < -0.3 is 15.2 Å². The van der Waals surface area contributed by atoms with Gasteiger partial charge in [0.25, 0.3) is 5.91 Å². The van der Waals surface area contributed by atoms with Crippen molar-refractivity contribution in [3.63, 3.8) is 0 Å². The molecule has 2 aromatic rings. The van der Waals surface area contributed by atoms with Gasteiger partial charge in [-0.1, -0.05) is 6.07 Å². The number of ether oxygens (including phenoxy) is 1. The molecule has 0 bridgehead atoms. The number of aromatic hydroxyl groups is 1. The van der Waals surface area contributed by atoms with Crippen LogP contribution in [0.15, 0.2) is 48.0 Å². The molecular formula is C17H13IN2O3. The van der Waals surface area contributed by atoms with E-state index in [1.807, 2.05) is 18.2 Å². The maximum atomic E-state index is 12.2. The van der Waals surface area contributed by atoms with Crippen LogP contribution in [-0.2, 0) is 4.79 Å². The smallest absolute Gasteiger partial charge is 0.266 e. The molecule has 0 aliphatic heterocycles. The van der Waals surface area contributed by atoms with Crippen LogP contribution in [0.1, 0.15) is 5.56 Å². The van der Waals surface area contributed by atoms with Crippen molar-refractivity contribution in [1.82, 2.24) is 0 Å². The van der Waals surface area contributed by atoms with E-state index in [9.17, 15) is 15.2 Å². The third-order valence-corrected chi connectivity index (χ3v) is 3.70. The molecule has 5 nitrogen and oxygen atoms in total. The van der Waals surface area contributed by atoms with E-state index >= 15 is 0 Å². The zero-order valence-electron chi connectivity index (χ0n) is 12.2. The molecule has 0 aliphatic rings. The maximum Gasteiger partial charge on any atom is 0.266 e. The quantitative estimate of drug-likeness (QED) is 0.450. The van der Waals surface area contributed by atoms with E-state index in [-0.39, 0.29) is 11.3 Å². The molecule has 0 radical (unpaired) electrons. The van der Waals surface area contributed by atoms with Gasteiger partial charge in [0.05, 0.1) is 7.11 Å². The third-order valence-electron chi connectivity index (χ3n) is 2.98. The average Bonchev–Trinajstić information content (AvgIpc) is 2.54. The molecule has 2 aromatic carbocycles. The second-order valence-electron chi connectivity index (χ2n) is 4.56. The summed E-state index contributed by atoms with van der Waals surface area (Å²) >= 11 is 2.16. The molecule has 0 fully saturated rings. The van der Waals surface area contributed by atoms with Gasteiger partial charge in [0, 0.05) is 9.26 Å². The zero-order chi connectivity index (χ0) is 16.8. The number of amides is 1. The molecule has 0 unspecified atom stereocenters. The minimum atomic E-state index is -0.510. The molecule has 6 heteroatoms. The van der Waals surface area contributed by atoms with Crippen molar-refractivity contribution in [3.8, 4) is 17.6 Å². The predicted octanol–water partition coefficient (Wildman–Crippen LogP) is 3.55. The Bertz CT molecular complexity index is 792. The minimum Gasteiger partial charge on any atom is -0.504 e. The molecule has 0 aliphatic carbocycles. The van der Waals surface area contributed by atoms with Crippen molar-refractivity contribution in [2.75, 3.05) is 12.4 Å². The van der Waals surface area contributed by atoms with Crippen LogP contribution in [0.4, 0.5) is 5.69 Å². The number of carbonyl (C=O) groups is 1. The van der Waals surface area contributed by atoms with E-state index < -0.39 is 5.91 Å². The number of halogens is 1. The van der Waals surface area contributed by atoms with Crippen molar-refractivity contribution in [3.05, 3.63) is 57.2 Å². The normalized spacial score (nSPS) is 10.7. The molecule has 0 saturated heterocycles. The Morgan fingerprint density at radius 3 is 2.57 bits per heavy atom. The van der Waals surface area contributed by atoms with Gasteiger partial charge in [-0.3, -0.25) is 4.79 Å². The second-order valence-corrected chi connectivity index (χ2v) is 5.81. The fraction of sp³-hybridized carbons (Fsp3) is 0.0588. The first-order chi connectivity index (χ1) is 11.0. The van der Waals surface area contributed by atoms with E-state index in [0.717, 1.165) is 3.57 Å². The SMILES string of the molecule is COc1ccc(/C=C(/C#N)C(=O)Nc2ccc(I)cc2)cc1O. The Hall–Kier alpha value is -2.53. The van der Waals surface area contributed by atoms with Gasteiger partial charge in [-0.25, -0.2) is 0 Å². The van der Waals surface area contributed by atoms with Gasteiger partial charge in [0.1, 0.15) is 11.6 Å². The highest BCUT2D eigenvalue weighted by Gasteiger charge is 2.10. The number of hydrogen-bond acceptors (Lipinski definition) is 4. The summed E-state index contributed by atoms with van der Waals surface area (Å²) in [7, 11) is 1.44. The van der Waals surface area contributed by atoms with E-state index in [0.29, 0.717) is 17.0 Å². The monoisotopic (exact) mass is 420 g/mol. The van der Waals surface area contributed by atoms with Crippen molar-refractivity contribution in [2.45, 2.75) is 0 Å². The largest absolute Gasteiger partial charge is 0.504 e. The van der Waals surface area contributed by atoms with Gasteiger partial charge in [-0.15, -0.1) is 0 Å². The number of benzene rings is 2. The number of rotatable bonds is 4. The van der Waals surface area contributed by atoms with Crippen molar-refractivity contribution < 1.29 is 14.6 Å². The predicted molar refractivity (Wildman–Crippen MR) is 96.0 cm³/mol. The molecule has 0 atom stereocenters. The summed E-state index contributed by atoms with van der Waals surface area (Å²) in [5, 5.41) is 21.6. The number of nitriles is 1. The van der Waals surface area contributed by atoms with Gasteiger partial charge in [-0.2, -0.15) is 5.26 Å². The lowest BCUT2D eigenvalue weighted by molar-refractivity contribution is -0.112. The molecular weight excluding hydrogens is 407 g/mol. The van der Waals surface area contributed by atoms with Crippen LogP contribution in [0.25, 0.3) is 6.08 Å². The maximum absolute atomic E-state index is 12.2. The fourth-order valence-electron chi connectivity index (χ4n) is 1.84. The highest BCUT2D eigenvalue weighted by molar-refractivity contribution is 14.1. The van der Waals surface area contributed by atoms with E-state index in [2.05, 4.69) is 27.9 Å². The fourth-order valence-corrected chi connectivity index (χ4v) is 2.20. The first-order valence-electron chi connectivity index (χ1n) is 6.59. The Labute approximate surface area is 147 Å². The number of phenols is 1. The molecule has 116 valence electrons. The Morgan fingerprint density at radius 2 is 2.00 bits per heavy atom. The number of hydrogen-bond donors (Lipinski definition) is 2. The lowest BCUT2D eigenvalue weighted by Gasteiger charge is -2.06. The number of anilines is 1. The van der Waals surface area contributed by atoms with Gasteiger partial charge in [0.2, 0.25) is 0 Å². The summed E-state index contributed by atoms with van der Waals surface area (Å²) in [5.41, 5.74) is 1.07. The minimum absolute atomic E-state index is 0.0587. The standard InChI is InChI=1S/C17H13IN2O3/c1-23-16-7-2-11(9-15(16)21)8-12(10-19)17(22)20-14-5-3-13(18)4-6-14/h2-9,21H,1H3,(H,20,22)/b12-8-. The summed E-state index contributed by atoms with van der Waals surface area (Å²) < 4.78 is 6.00. The first kappa shape index (κ1) is 16.8. The third kappa shape index (κ3) is 4.47. The topological polar surface area (TPSA) is 82.3 Å². The number of nitrogens with zero attached hydrogens (tertiary/aromatic N) is 1. The molecule has 0 aromatic heterocycles. The van der Waals surface area contributed by atoms with Gasteiger partial charge in [-0.05, 0) is 70.6 Å². The second kappa shape index (κ2) is 7.65. The van der Waals surface area contributed by atoms with Crippen LogP contribution in [0.5, 0.6) is 11.5 Å². The zero-order valence-corrected chi connectivity index (χ0v) is 14.4. The Balaban J connectivity index is 2.21. The molecule has 0 saturated carbocycles. The summed E-state index contributed by atoms with van der Waals surface area (Å²) in [6, 6.07) is 13.7. The molecule has 23 heavy (non-hydrogen) atoms. The number of phenolic OH excluding ortho intramolecular Hbond substituents is 1. The van der Waals surface area contributed by atoms with E-state index in [4.69, 9.17) is 4.74 Å².